The van der Waals surface area contributed by atoms with Gasteiger partial charge in [-0.25, -0.2) is 0 Å². The first-order valence-corrected chi connectivity index (χ1v) is 14.1. The SMILES string of the molecule is CC1CNCCN1C(=O)CNc1cc2c(cc1NCCOCCOCCOCN)CN(C1CCC(=O)NC1=O)C2=O. The van der Waals surface area contributed by atoms with Crippen molar-refractivity contribution >= 4 is 35.0 Å². The molecule has 0 bridgehead atoms. The van der Waals surface area contributed by atoms with Gasteiger partial charge in [-0.1, -0.05) is 0 Å². The lowest BCUT2D eigenvalue weighted by Crippen LogP contribution is -2.53. The number of fused-ring (bicyclic) bond motifs is 1. The monoisotopic (exact) mass is 575 g/mol. The molecular formula is C27H41N7O7. The number of hydrogen-bond acceptors (Lipinski definition) is 11. The molecule has 3 heterocycles. The normalized spacial score (nSPS) is 20.7. The minimum absolute atomic E-state index is 0.0258. The van der Waals surface area contributed by atoms with Crippen LogP contribution in [-0.2, 0) is 35.1 Å². The minimum Gasteiger partial charge on any atom is -0.381 e. The molecule has 2 atom stereocenters. The number of piperidine rings is 1. The summed E-state index contributed by atoms with van der Waals surface area (Å²) in [5.74, 6) is -1.08. The number of nitrogens with one attached hydrogen (secondary N) is 4. The summed E-state index contributed by atoms with van der Waals surface area (Å²) in [6, 6.07) is 3.00. The molecule has 6 N–H and O–H groups in total. The predicted octanol–water partition coefficient (Wildman–Crippen LogP) is -0.942. The van der Waals surface area contributed by atoms with E-state index in [-0.39, 0.29) is 50.0 Å². The van der Waals surface area contributed by atoms with Crippen LogP contribution in [0, 0.1) is 0 Å². The van der Waals surface area contributed by atoms with Crippen molar-refractivity contribution in [1.29, 1.82) is 0 Å². The van der Waals surface area contributed by atoms with Crippen molar-refractivity contribution in [3.05, 3.63) is 23.3 Å². The van der Waals surface area contributed by atoms with E-state index in [0.29, 0.717) is 63.8 Å². The Hall–Kier alpha value is -3.30. The van der Waals surface area contributed by atoms with Crippen molar-refractivity contribution in [2.45, 2.75) is 38.4 Å². The first-order valence-electron chi connectivity index (χ1n) is 14.1. The third kappa shape index (κ3) is 8.14. The molecule has 14 nitrogen and oxygen atoms in total. The molecule has 0 saturated carbocycles. The van der Waals surface area contributed by atoms with E-state index in [2.05, 4.69) is 21.3 Å². The van der Waals surface area contributed by atoms with Crippen LogP contribution in [0.2, 0.25) is 0 Å². The van der Waals surface area contributed by atoms with Crippen molar-refractivity contribution < 1.29 is 33.4 Å². The number of nitrogens with two attached hydrogens (primary N) is 1. The molecular weight excluding hydrogens is 534 g/mol. The Morgan fingerprint density at radius 1 is 1.05 bits per heavy atom. The molecule has 41 heavy (non-hydrogen) atoms. The van der Waals surface area contributed by atoms with Gasteiger partial charge in [0, 0.05) is 50.7 Å². The Kier molecular flexibility index (Phi) is 11.3. The Morgan fingerprint density at radius 3 is 2.51 bits per heavy atom. The number of piperazine rings is 1. The number of carbonyl (C=O) groups excluding carboxylic acids is 4. The maximum Gasteiger partial charge on any atom is 0.255 e. The second-order valence-electron chi connectivity index (χ2n) is 10.2. The molecule has 0 aromatic heterocycles. The van der Waals surface area contributed by atoms with Gasteiger partial charge >= 0.3 is 0 Å². The Labute approximate surface area is 239 Å². The summed E-state index contributed by atoms with van der Waals surface area (Å²) in [5.41, 5.74) is 7.84. The number of rotatable bonds is 15. The van der Waals surface area contributed by atoms with Gasteiger partial charge in [-0.3, -0.25) is 24.5 Å². The number of benzene rings is 1. The van der Waals surface area contributed by atoms with E-state index in [4.69, 9.17) is 19.9 Å². The van der Waals surface area contributed by atoms with Crippen LogP contribution in [-0.4, -0.2) is 118 Å². The maximum absolute atomic E-state index is 13.3. The zero-order chi connectivity index (χ0) is 29.2. The Morgan fingerprint density at radius 2 is 1.78 bits per heavy atom. The fourth-order valence-corrected chi connectivity index (χ4v) is 5.17. The predicted molar refractivity (Wildman–Crippen MR) is 150 cm³/mol. The van der Waals surface area contributed by atoms with Gasteiger partial charge < -0.3 is 45.7 Å². The van der Waals surface area contributed by atoms with Crippen LogP contribution in [0.25, 0.3) is 0 Å². The highest BCUT2D eigenvalue weighted by Gasteiger charge is 2.39. The summed E-state index contributed by atoms with van der Waals surface area (Å²) in [6.07, 6.45) is 0.480. The number of amides is 4. The van der Waals surface area contributed by atoms with E-state index in [1.165, 1.54) is 4.90 Å². The third-order valence-electron chi connectivity index (χ3n) is 7.34. The molecule has 2 fully saturated rings. The molecule has 0 radical (unpaired) electrons. The van der Waals surface area contributed by atoms with Crippen LogP contribution in [0.4, 0.5) is 11.4 Å². The highest BCUT2D eigenvalue weighted by atomic mass is 16.5. The van der Waals surface area contributed by atoms with Crippen molar-refractivity contribution in [2.24, 2.45) is 5.73 Å². The average Bonchev–Trinajstić information content (AvgIpc) is 3.27. The van der Waals surface area contributed by atoms with Gasteiger partial charge in [-0.05, 0) is 31.0 Å². The molecule has 3 aliphatic heterocycles. The number of hydrogen-bond donors (Lipinski definition) is 5. The summed E-state index contributed by atoms with van der Waals surface area (Å²) in [4.78, 5) is 53.7. The first kappa shape index (κ1) is 30.7. The molecule has 226 valence electrons. The van der Waals surface area contributed by atoms with Crippen LogP contribution in [0.1, 0.15) is 35.7 Å². The molecule has 4 amide bonds. The molecule has 3 aliphatic rings. The van der Waals surface area contributed by atoms with Crippen LogP contribution >= 0.6 is 0 Å². The summed E-state index contributed by atoms with van der Waals surface area (Å²) >= 11 is 0. The molecule has 14 heteroatoms. The lowest BCUT2D eigenvalue weighted by atomic mass is 10.0. The fourth-order valence-electron chi connectivity index (χ4n) is 5.17. The smallest absolute Gasteiger partial charge is 0.255 e. The lowest BCUT2D eigenvalue weighted by Gasteiger charge is -2.34. The topological polar surface area (TPSA) is 177 Å². The number of anilines is 2. The zero-order valence-electron chi connectivity index (χ0n) is 23.5. The van der Waals surface area contributed by atoms with Crippen LogP contribution in [0.15, 0.2) is 12.1 Å². The van der Waals surface area contributed by atoms with Gasteiger partial charge in [0.05, 0.1) is 57.7 Å². The average molecular weight is 576 g/mol. The van der Waals surface area contributed by atoms with Crippen molar-refractivity contribution in [3.8, 4) is 0 Å². The Balaban J connectivity index is 1.39. The summed E-state index contributed by atoms with van der Waals surface area (Å²) < 4.78 is 16.1. The van der Waals surface area contributed by atoms with Gasteiger partial charge in [0.2, 0.25) is 17.7 Å². The van der Waals surface area contributed by atoms with Crippen LogP contribution < -0.4 is 27.0 Å². The van der Waals surface area contributed by atoms with Gasteiger partial charge in [0.15, 0.2) is 0 Å². The molecule has 2 unspecified atom stereocenters. The molecule has 0 aliphatic carbocycles. The van der Waals surface area contributed by atoms with Gasteiger partial charge in [0.25, 0.3) is 5.91 Å². The number of ether oxygens (including phenoxy) is 3. The third-order valence-corrected chi connectivity index (χ3v) is 7.34. The number of carbonyl (C=O) groups is 4. The van der Waals surface area contributed by atoms with Crippen molar-refractivity contribution in [3.63, 3.8) is 0 Å². The summed E-state index contributed by atoms with van der Waals surface area (Å²) in [7, 11) is 0. The van der Waals surface area contributed by atoms with E-state index in [0.717, 1.165) is 24.3 Å². The molecule has 1 aromatic carbocycles. The van der Waals surface area contributed by atoms with Crippen molar-refractivity contribution in [2.75, 3.05) is 83.1 Å². The summed E-state index contributed by atoms with van der Waals surface area (Å²) in [5, 5.41) is 12.2. The highest BCUT2D eigenvalue weighted by Crippen LogP contribution is 2.34. The van der Waals surface area contributed by atoms with Gasteiger partial charge in [-0.2, -0.15) is 0 Å². The first-order chi connectivity index (χ1) is 19.9. The molecule has 2 saturated heterocycles. The largest absolute Gasteiger partial charge is 0.381 e. The van der Waals surface area contributed by atoms with Gasteiger partial charge in [0.1, 0.15) is 6.04 Å². The standard InChI is InChI=1S/C27H41N7O7/c1-18-14-29-4-6-33(18)25(36)15-31-22-13-20-19(16-34(27(20)38)23-2-3-24(35)32-26(23)37)12-21(22)30-5-7-39-8-9-40-10-11-41-17-28/h12-13,18,23,29-31H,2-11,14-17,28H2,1H3,(H,32,35,37). The van der Waals surface area contributed by atoms with Crippen LogP contribution in [0.5, 0.6) is 0 Å². The van der Waals surface area contributed by atoms with Crippen molar-refractivity contribution in [1.82, 2.24) is 20.4 Å². The number of nitrogens with zero attached hydrogens (tertiary/aromatic N) is 2. The second-order valence-corrected chi connectivity index (χ2v) is 10.2. The fraction of sp³-hybridized carbons (Fsp3) is 0.630. The molecule has 1 aromatic rings. The highest BCUT2D eigenvalue weighted by molar-refractivity contribution is 6.06. The summed E-state index contributed by atoms with van der Waals surface area (Å²) in [6.45, 7) is 7.27. The second kappa shape index (κ2) is 15.1. The van der Waals surface area contributed by atoms with E-state index in [9.17, 15) is 19.2 Å². The van der Waals surface area contributed by atoms with E-state index in [1.807, 2.05) is 17.9 Å². The zero-order valence-corrected chi connectivity index (χ0v) is 23.5. The Bertz CT molecular complexity index is 1100. The van der Waals surface area contributed by atoms with E-state index < -0.39 is 11.9 Å². The van der Waals surface area contributed by atoms with Gasteiger partial charge in [-0.15, -0.1) is 0 Å². The number of imide groups is 1. The van der Waals surface area contributed by atoms with E-state index >= 15 is 0 Å². The molecule has 0 spiro atoms. The lowest BCUT2D eigenvalue weighted by molar-refractivity contribution is -0.137. The molecule has 4 rings (SSSR count). The van der Waals surface area contributed by atoms with E-state index in [1.54, 1.807) is 6.07 Å². The quantitative estimate of drug-likeness (QED) is 0.0991. The minimum atomic E-state index is -0.700. The van der Waals surface area contributed by atoms with Crippen LogP contribution in [0.3, 0.4) is 0 Å². The maximum atomic E-state index is 13.3.